The fraction of sp³-hybridized carbons (Fsp3) is 0.600. The van der Waals surface area contributed by atoms with Gasteiger partial charge in [-0.3, -0.25) is 0 Å². The van der Waals surface area contributed by atoms with Gasteiger partial charge in [-0.25, -0.2) is 4.39 Å². The first-order valence-electron chi connectivity index (χ1n) is 6.82. The molecule has 0 spiro atoms. The van der Waals surface area contributed by atoms with Crippen LogP contribution in [0.1, 0.15) is 50.2 Å². The second-order valence-electron chi connectivity index (χ2n) is 5.25. The number of methoxy groups -OCH3 is 1. The van der Waals surface area contributed by atoms with Gasteiger partial charge >= 0.3 is 0 Å². The van der Waals surface area contributed by atoms with Crippen LogP contribution < -0.4 is 4.74 Å². The summed E-state index contributed by atoms with van der Waals surface area (Å²) in [6, 6.07) is 2.94. The lowest BCUT2D eigenvalue weighted by atomic mass is 9.96. The Balaban J connectivity index is 2.04. The Morgan fingerprint density at radius 3 is 2.74 bits per heavy atom. The second kappa shape index (κ2) is 6.71. The van der Waals surface area contributed by atoms with Crippen molar-refractivity contribution in [3.8, 4) is 5.75 Å². The largest absolute Gasteiger partial charge is 0.496 e. The number of hydrogen-bond donors (Lipinski definition) is 1. The Hall–Kier alpha value is -0.610. The lowest BCUT2D eigenvalue weighted by Crippen LogP contribution is -2.04. The summed E-state index contributed by atoms with van der Waals surface area (Å²) in [5.41, 5.74) is 0.661. The predicted molar refractivity (Wildman–Crippen MR) is 76.8 cm³/mol. The topological polar surface area (TPSA) is 29.5 Å². The first kappa shape index (κ1) is 14.8. The van der Waals surface area contributed by atoms with E-state index in [4.69, 9.17) is 4.74 Å². The summed E-state index contributed by atoms with van der Waals surface area (Å²) in [4.78, 5) is 0. The average Bonchev–Trinajstić information content (AvgIpc) is 2.91. The molecule has 0 heterocycles. The van der Waals surface area contributed by atoms with E-state index in [-0.39, 0.29) is 5.82 Å². The van der Waals surface area contributed by atoms with Crippen molar-refractivity contribution in [3.05, 3.63) is 28.0 Å². The monoisotopic (exact) mass is 330 g/mol. The van der Waals surface area contributed by atoms with Crippen molar-refractivity contribution in [3.63, 3.8) is 0 Å². The number of benzene rings is 1. The molecule has 1 saturated carbocycles. The molecule has 0 aromatic heterocycles. The molecule has 4 heteroatoms. The van der Waals surface area contributed by atoms with Crippen molar-refractivity contribution in [1.82, 2.24) is 0 Å². The molecule has 1 aliphatic rings. The highest BCUT2D eigenvalue weighted by molar-refractivity contribution is 9.10. The zero-order chi connectivity index (χ0) is 13.8. The van der Waals surface area contributed by atoms with Crippen molar-refractivity contribution >= 4 is 15.9 Å². The highest BCUT2D eigenvalue weighted by Gasteiger charge is 2.20. The van der Waals surface area contributed by atoms with Gasteiger partial charge in [0.15, 0.2) is 0 Å². The molecular formula is C15H20BrFO2. The summed E-state index contributed by atoms with van der Waals surface area (Å²) in [6.45, 7) is 0. The van der Waals surface area contributed by atoms with Crippen molar-refractivity contribution in [2.45, 2.75) is 44.6 Å². The molecule has 0 radical (unpaired) electrons. The number of aliphatic hydroxyl groups excluding tert-OH is 1. The van der Waals surface area contributed by atoms with Gasteiger partial charge in [0.05, 0.1) is 17.7 Å². The van der Waals surface area contributed by atoms with Gasteiger partial charge in [-0.1, -0.05) is 25.7 Å². The first-order chi connectivity index (χ1) is 9.11. The van der Waals surface area contributed by atoms with E-state index in [0.29, 0.717) is 22.2 Å². The molecule has 106 valence electrons. The molecule has 1 aromatic rings. The van der Waals surface area contributed by atoms with Crippen molar-refractivity contribution < 1.29 is 14.2 Å². The standard InChI is InChI=1S/C15H20BrFO2/c1-19-15-9-13(17)12(16)8-11(15)14(18)7-6-10-4-2-3-5-10/h8-10,14,18H,2-7H2,1H3. The normalized spacial score (nSPS) is 17.7. The van der Waals surface area contributed by atoms with E-state index in [1.807, 2.05) is 0 Å². The number of rotatable bonds is 5. The summed E-state index contributed by atoms with van der Waals surface area (Å²) in [7, 11) is 1.50. The lowest BCUT2D eigenvalue weighted by Gasteiger charge is -2.17. The number of hydrogen-bond acceptors (Lipinski definition) is 2. The Labute approximate surface area is 122 Å². The highest BCUT2D eigenvalue weighted by Crippen LogP contribution is 2.35. The van der Waals surface area contributed by atoms with Gasteiger partial charge in [0.25, 0.3) is 0 Å². The maximum atomic E-state index is 13.4. The molecule has 0 saturated heterocycles. The van der Waals surface area contributed by atoms with Crippen LogP contribution in [-0.4, -0.2) is 12.2 Å². The molecule has 2 rings (SSSR count). The maximum Gasteiger partial charge on any atom is 0.141 e. The predicted octanol–water partition coefficient (Wildman–Crippen LogP) is 4.60. The van der Waals surface area contributed by atoms with Crippen LogP contribution >= 0.6 is 15.9 Å². The third-order valence-electron chi connectivity index (χ3n) is 3.95. The minimum absolute atomic E-state index is 0.364. The molecule has 1 N–H and O–H groups in total. The van der Waals surface area contributed by atoms with Gasteiger partial charge in [-0.05, 0) is 40.8 Å². The van der Waals surface area contributed by atoms with Gasteiger partial charge < -0.3 is 9.84 Å². The molecule has 2 nitrogen and oxygen atoms in total. The van der Waals surface area contributed by atoms with Gasteiger partial charge in [0.2, 0.25) is 0 Å². The lowest BCUT2D eigenvalue weighted by molar-refractivity contribution is 0.153. The fourth-order valence-corrected chi connectivity index (χ4v) is 3.19. The van der Waals surface area contributed by atoms with Crippen LogP contribution in [0.25, 0.3) is 0 Å². The van der Waals surface area contributed by atoms with Crippen LogP contribution in [-0.2, 0) is 0 Å². The summed E-state index contributed by atoms with van der Waals surface area (Å²) < 4.78 is 18.9. The fourth-order valence-electron chi connectivity index (χ4n) is 2.83. The van der Waals surface area contributed by atoms with E-state index in [1.54, 1.807) is 6.07 Å². The minimum atomic E-state index is -0.590. The maximum absolute atomic E-state index is 13.4. The number of aliphatic hydroxyl groups is 1. The second-order valence-corrected chi connectivity index (χ2v) is 6.11. The third-order valence-corrected chi connectivity index (χ3v) is 4.56. The first-order valence-corrected chi connectivity index (χ1v) is 7.62. The molecule has 0 aliphatic heterocycles. The summed E-state index contributed by atoms with van der Waals surface area (Å²) in [5, 5.41) is 10.3. The van der Waals surface area contributed by atoms with E-state index < -0.39 is 6.10 Å². The van der Waals surface area contributed by atoms with Crippen molar-refractivity contribution in [2.75, 3.05) is 7.11 Å². The molecule has 1 unspecified atom stereocenters. The molecule has 0 amide bonds. The van der Waals surface area contributed by atoms with Gasteiger partial charge in [-0.15, -0.1) is 0 Å². The number of ether oxygens (including phenoxy) is 1. The Morgan fingerprint density at radius 2 is 2.11 bits per heavy atom. The van der Waals surface area contributed by atoms with Crippen LogP contribution in [0.4, 0.5) is 4.39 Å². The summed E-state index contributed by atoms with van der Waals surface area (Å²) in [5.74, 6) is 0.785. The van der Waals surface area contributed by atoms with Crippen molar-refractivity contribution in [2.24, 2.45) is 5.92 Å². The SMILES string of the molecule is COc1cc(F)c(Br)cc1C(O)CCC1CCCC1. The van der Waals surface area contributed by atoms with E-state index in [0.717, 1.165) is 12.3 Å². The summed E-state index contributed by atoms with van der Waals surface area (Å²) in [6.07, 6.45) is 6.32. The van der Waals surface area contributed by atoms with Gasteiger partial charge in [0.1, 0.15) is 11.6 Å². The Kier molecular flexibility index (Phi) is 5.22. The Bertz CT molecular complexity index is 430. The smallest absolute Gasteiger partial charge is 0.141 e. The van der Waals surface area contributed by atoms with E-state index in [9.17, 15) is 9.50 Å². The van der Waals surface area contributed by atoms with E-state index >= 15 is 0 Å². The average molecular weight is 331 g/mol. The highest BCUT2D eigenvalue weighted by atomic mass is 79.9. The Morgan fingerprint density at radius 1 is 1.42 bits per heavy atom. The molecule has 1 fully saturated rings. The molecular weight excluding hydrogens is 311 g/mol. The van der Waals surface area contributed by atoms with E-state index in [1.165, 1.54) is 38.9 Å². The van der Waals surface area contributed by atoms with Crippen LogP contribution in [0.15, 0.2) is 16.6 Å². The van der Waals surface area contributed by atoms with Crippen molar-refractivity contribution in [1.29, 1.82) is 0 Å². The minimum Gasteiger partial charge on any atom is -0.496 e. The zero-order valence-electron chi connectivity index (χ0n) is 11.2. The van der Waals surface area contributed by atoms with Gasteiger partial charge in [0, 0.05) is 11.6 Å². The molecule has 1 atom stereocenters. The third kappa shape index (κ3) is 3.69. The molecule has 1 aromatic carbocycles. The van der Waals surface area contributed by atoms with Crippen LogP contribution in [0.2, 0.25) is 0 Å². The number of halogens is 2. The van der Waals surface area contributed by atoms with Gasteiger partial charge in [-0.2, -0.15) is 0 Å². The molecule has 19 heavy (non-hydrogen) atoms. The van der Waals surface area contributed by atoms with Crippen LogP contribution in [0, 0.1) is 11.7 Å². The molecule has 1 aliphatic carbocycles. The molecule has 0 bridgehead atoms. The zero-order valence-corrected chi connectivity index (χ0v) is 12.7. The van der Waals surface area contributed by atoms with E-state index in [2.05, 4.69) is 15.9 Å². The summed E-state index contributed by atoms with van der Waals surface area (Å²) >= 11 is 3.15. The van der Waals surface area contributed by atoms with Crippen LogP contribution in [0.3, 0.4) is 0 Å². The quantitative estimate of drug-likeness (QED) is 0.854. The van der Waals surface area contributed by atoms with Crippen LogP contribution in [0.5, 0.6) is 5.75 Å².